The van der Waals surface area contributed by atoms with Gasteiger partial charge in [-0.25, -0.2) is 4.68 Å². The Labute approximate surface area is 193 Å². The van der Waals surface area contributed by atoms with Crippen LogP contribution in [0, 0.1) is 0 Å². The number of fused-ring (bicyclic) bond motifs is 1. The highest BCUT2D eigenvalue weighted by atomic mass is 31.1. The highest BCUT2D eigenvalue weighted by Crippen LogP contribution is 2.45. The fourth-order valence-electron chi connectivity index (χ4n) is 4.65. The van der Waals surface area contributed by atoms with E-state index in [1.165, 1.54) is 35.3 Å². The molecule has 32 heavy (non-hydrogen) atoms. The lowest BCUT2D eigenvalue weighted by Gasteiger charge is -2.34. The Kier molecular flexibility index (Phi) is 5.81. The number of hydrogen-bond donors (Lipinski definition) is 0. The van der Waals surface area contributed by atoms with Crippen LogP contribution in [0.15, 0.2) is 53.3 Å². The maximum atomic E-state index is 13.1. The first-order chi connectivity index (χ1) is 15.4. The van der Waals surface area contributed by atoms with E-state index in [-0.39, 0.29) is 11.7 Å². The van der Waals surface area contributed by atoms with Crippen LogP contribution in [0.4, 0.5) is 0 Å². The summed E-state index contributed by atoms with van der Waals surface area (Å²) in [6, 6.07) is 2.97. The number of nitrogens with zero attached hydrogens (tertiary/aromatic N) is 4. The molecule has 0 saturated heterocycles. The Bertz CT molecular complexity index is 1080. The predicted octanol–water partition coefficient (Wildman–Crippen LogP) is 5.32. The molecule has 0 bridgehead atoms. The van der Waals surface area contributed by atoms with Gasteiger partial charge >= 0.3 is 0 Å². The van der Waals surface area contributed by atoms with E-state index in [2.05, 4.69) is 69.3 Å². The van der Waals surface area contributed by atoms with E-state index in [9.17, 15) is 4.79 Å². The molecule has 168 valence electrons. The van der Waals surface area contributed by atoms with Crippen molar-refractivity contribution in [2.45, 2.75) is 64.7 Å². The van der Waals surface area contributed by atoms with Crippen LogP contribution in [-0.2, 0) is 4.79 Å². The predicted molar refractivity (Wildman–Crippen MR) is 133 cm³/mol. The highest BCUT2D eigenvalue weighted by Gasteiger charge is 2.32. The minimum Gasteiger partial charge on any atom is -0.304 e. The molecule has 5 rings (SSSR count). The second-order valence-corrected chi connectivity index (χ2v) is 11.2. The van der Waals surface area contributed by atoms with Crippen molar-refractivity contribution in [2.75, 3.05) is 13.1 Å². The fraction of sp³-hybridized carbons (Fsp3) is 0.462. The van der Waals surface area contributed by atoms with Gasteiger partial charge in [-0.3, -0.25) is 9.69 Å². The number of allylic oxidation sites excluding steroid dienone is 3. The van der Waals surface area contributed by atoms with Gasteiger partial charge in [-0.2, -0.15) is 5.10 Å². The zero-order chi connectivity index (χ0) is 22.4. The van der Waals surface area contributed by atoms with Gasteiger partial charge in [0.25, 0.3) is 5.91 Å². The Morgan fingerprint density at radius 3 is 2.75 bits per heavy atom. The monoisotopic (exact) mass is 448 g/mol. The molecule has 4 aliphatic rings. The van der Waals surface area contributed by atoms with E-state index in [1.807, 2.05) is 9.58 Å². The highest BCUT2D eigenvalue weighted by molar-refractivity contribution is 7.51. The number of amides is 1. The maximum Gasteiger partial charge on any atom is 0.252 e. The maximum absolute atomic E-state index is 13.1. The van der Waals surface area contributed by atoms with Crippen LogP contribution >= 0.6 is 8.58 Å². The van der Waals surface area contributed by atoms with Gasteiger partial charge in [0.05, 0.1) is 11.5 Å². The van der Waals surface area contributed by atoms with E-state index in [4.69, 9.17) is 5.10 Å². The molecule has 4 heterocycles. The molecule has 0 spiro atoms. The number of hydrogen-bond acceptors (Lipinski definition) is 3. The Balaban J connectivity index is 1.37. The van der Waals surface area contributed by atoms with Crippen LogP contribution in [0.2, 0.25) is 0 Å². The van der Waals surface area contributed by atoms with Gasteiger partial charge in [0.1, 0.15) is 0 Å². The number of rotatable bonds is 5. The standard InChI is InChI=1S/C26H33N4OP/c1-17(2)15-30-23(18(3)4)13-22(27-30)24-14-25(31)29-16-20(5-8-26(29)32-24)19-9-11-28(12-10-19)21-6-7-21/h5,8-9,13-16,18,21,26,32H,6-7,10-12H2,1-4H3. The first-order valence-electron chi connectivity index (χ1n) is 11.8. The van der Waals surface area contributed by atoms with Crippen LogP contribution in [0.5, 0.6) is 0 Å². The first kappa shape index (κ1) is 21.6. The molecule has 1 aromatic rings. The van der Waals surface area contributed by atoms with Crippen LogP contribution in [-0.4, -0.2) is 50.4 Å². The van der Waals surface area contributed by atoms with Crippen molar-refractivity contribution in [3.05, 3.63) is 64.7 Å². The summed E-state index contributed by atoms with van der Waals surface area (Å²) in [5.74, 6) is 0.519. The molecule has 1 amide bonds. The van der Waals surface area contributed by atoms with Crippen molar-refractivity contribution in [3.63, 3.8) is 0 Å². The molecule has 0 radical (unpaired) electrons. The molecule has 3 aliphatic heterocycles. The lowest BCUT2D eigenvalue weighted by atomic mass is 9.98. The van der Waals surface area contributed by atoms with Crippen molar-refractivity contribution in [1.82, 2.24) is 19.6 Å². The van der Waals surface area contributed by atoms with Crippen molar-refractivity contribution in [1.29, 1.82) is 0 Å². The molecular weight excluding hydrogens is 415 g/mol. The smallest absolute Gasteiger partial charge is 0.252 e. The lowest BCUT2D eigenvalue weighted by molar-refractivity contribution is -0.123. The zero-order valence-corrected chi connectivity index (χ0v) is 20.5. The molecule has 1 aliphatic carbocycles. The van der Waals surface area contributed by atoms with Crippen LogP contribution in [0.25, 0.3) is 11.5 Å². The van der Waals surface area contributed by atoms with E-state index >= 15 is 0 Å². The normalized spacial score (nSPS) is 24.4. The second kappa shape index (κ2) is 8.61. The minimum absolute atomic E-state index is 0.0597. The fourth-order valence-corrected chi connectivity index (χ4v) is 5.98. The van der Waals surface area contributed by atoms with E-state index in [0.29, 0.717) is 14.5 Å². The first-order valence-corrected chi connectivity index (χ1v) is 12.9. The Morgan fingerprint density at radius 1 is 1.28 bits per heavy atom. The summed E-state index contributed by atoms with van der Waals surface area (Å²) >= 11 is 0. The van der Waals surface area contributed by atoms with Crippen molar-refractivity contribution >= 4 is 26.0 Å². The molecule has 1 saturated carbocycles. The van der Waals surface area contributed by atoms with Crippen LogP contribution in [0.1, 0.15) is 64.3 Å². The van der Waals surface area contributed by atoms with E-state index < -0.39 is 0 Å². The van der Waals surface area contributed by atoms with E-state index in [1.54, 1.807) is 6.08 Å². The van der Waals surface area contributed by atoms with Gasteiger partial charge in [-0.05, 0) is 56.2 Å². The SMILES string of the molecule is CC(C)=Cn1nc(C2=CC(=O)N3C=C(C4=CCN(C5CC5)CC4)C=CC3P2)cc1C(C)C. The summed E-state index contributed by atoms with van der Waals surface area (Å²) in [6.45, 7) is 10.7. The van der Waals surface area contributed by atoms with Gasteiger partial charge in [0.2, 0.25) is 0 Å². The molecule has 6 heteroatoms. The zero-order valence-electron chi connectivity index (χ0n) is 19.5. The van der Waals surface area contributed by atoms with Crippen LogP contribution < -0.4 is 0 Å². The van der Waals surface area contributed by atoms with Crippen LogP contribution in [0.3, 0.4) is 0 Å². The Hall–Kier alpha value is -2.23. The minimum atomic E-state index is 0.0597. The molecule has 0 N–H and O–H groups in total. The average molecular weight is 449 g/mol. The number of carbonyl (C=O) groups is 1. The number of carbonyl (C=O) groups excluding carboxylic acids is 1. The molecule has 1 aromatic heterocycles. The van der Waals surface area contributed by atoms with Gasteiger partial charge < -0.3 is 4.90 Å². The number of aromatic nitrogens is 2. The van der Waals surface area contributed by atoms with Crippen molar-refractivity contribution < 1.29 is 4.79 Å². The molecular formula is C26H33N4OP. The second-order valence-electron chi connectivity index (χ2n) is 9.80. The van der Waals surface area contributed by atoms with Crippen molar-refractivity contribution in [3.8, 4) is 0 Å². The topological polar surface area (TPSA) is 41.4 Å². The summed E-state index contributed by atoms with van der Waals surface area (Å²) in [5.41, 5.74) is 5.88. The summed E-state index contributed by atoms with van der Waals surface area (Å²) in [7, 11) is 0.495. The van der Waals surface area contributed by atoms with Gasteiger partial charge in [-0.15, -0.1) is 0 Å². The molecule has 0 aromatic carbocycles. The van der Waals surface area contributed by atoms with Gasteiger partial charge in [-0.1, -0.05) is 46.2 Å². The van der Waals surface area contributed by atoms with Gasteiger partial charge in [0, 0.05) is 48.6 Å². The summed E-state index contributed by atoms with van der Waals surface area (Å²) in [4.78, 5) is 17.6. The summed E-state index contributed by atoms with van der Waals surface area (Å²) in [6.07, 6.45) is 16.5. The van der Waals surface area contributed by atoms with Gasteiger partial charge in [0.15, 0.2) is 0 Å². The van der Waals surface area contributed by atoms with E-state index in [0.717, 1.165) is 36.6 Å². The molecule has 2 atom stereocenters. The third-order valence-electron chi connectivity index (χ3n) is 6.55. The Morgan fingerprint density at radius 2 is 2.09 bits per heavy atom. The largest absolute Gasteiger partial charge is 0.304 e. The molecule has 5 nitrogen and oxygen atoms in total. The summed E-state index contributed by atoms with van der Waals surface area (Å²) < 4.78 is 1.98. The quantitative estimate of drug-likeness (QED) is 0.572. The van der Waals surface area contributed by atoms with Crippen molar-refractivity contribution in [2.24, 2.45) is 0 Å². The third-order valence-corrected chi connectivity index (χ3v) is 8.03. The molecule has 1 fully saturated rings. The average Bonchev–Trinajstić information content (AvgIpc) is 3.53. The molecule has 2 unspecified atom stereocenters. The summed E-state index contributed by atoms with van der Waals surface area (Å²) in [5, 5.41) is 5.89. The third kappa shape index (κ3) is 4.33. The lowest BCUT2D eigenvalue weighted by Crippen LogP contribution is -2.36.